The van der Waals surface area contributed by atoms with Crippen LogP contribution in [0.4, 0.5) is 0 Å². The van der Waals surface area contributed by atoms with Crippen LogP contribution >= 0.6 is 27.5 Å². The number of hydrogen-bond acceptors (Lipinski definition) is 2. The van der Waals surface area contributed by atoms with E-state index in [0.29, 0.717) is 11.8 Å². The summed E-state index contributed by atoms with van der Waals surface area (Å²) in [5.41, 5.74) is 1.32. The Hall–Kier alpha value is -0.0900. The summed E-state index contributed by atoms with van der Waals surface area (Å²) in [7, 11) is 1.71. The van der Waals surface area contributed by atoms with Crippen LogP contribution in [0.2, 0.25) is 0 Å². The molecular weight excluding hydrogens is 328 g/mol. The Morgan fingerprint density at radius 1 is 1.26 bits per heavy atom. The molecule has 1 unspecified atom stereocenters. The average Bonchev–Trinajstić information content (AvgIpc) is 2.41. The second kappa shape index (κ2) is 10.7. The highest BCUT2D eigenvalue weighted by Gasteiger charge is 2.09. The number of rotatable bonds is 10. The molecule has 0 bridgehead atoms. The molecule has 0 amide bonds. The van der Waals surface area contributed by atoms with E-state index in [1.165, 1.54) is 5.56 Å². The van der Waals surface area contributed by atoms with E-state index >= 15 is 0 Å². The van der Waals surface area contributed by atoms with Gasteiger partial charge in [-0.25, -0.2) is 0 Å². The third-order valence-electron chi connectivity index (χ3n) is 2.94. The molecule has 4 heteroatoms. The third-order valence-corrected chi connectivity index (χ3v) is 3.87. The van der Waals surface area contributed by atoms with Crippen LogP contribution < -0.4 is 0 Å². The SMILES string of the molecule is COCCCOCCC(CCl)Cc1cccc(Br)c1. The van der Waals surface area contributed by atoms with Crippen molar-refractivity contribution < 1.29 is 9.47 Å². The van der Waals surface area contributed by atoms with Gasteiger partial charge in [-0.2, -0.15) is 0 Å². The van der Waals surface area contributed by atoms with E-state index < -0.39 is 0 Å². The summed E-state index contributed by atoms with van der Waals surface area (Å²) in [6, 6.07) is 8.40. The molecule has 0 aliphatic carbocycles. The Balaban J connectivity index is 2.22. The molecule has 0 aliphatic heterocycles. The van der Waals surface area contributed by atoms with Crippen molar-refractivity contribution in [3.63, 3.8) is 0 Å². The lowest BCUT2D eigenvalue weighted by atomic mass is 9.98. The first kappa shape index (κ1) is 17.0. The van der Waals surface area contributed by atoms with Gasteiger partial charge in [0.1, 0.15) is 0 Å². The Morgan fingerprint density at radius 2 is 2.11 bits per heavy atom. The van der Waals surface area contributed by atoms with Gasteiger partial charge in [0.05, 0.1) is 0 Å². The van der Waals surface area contributed by atoms with Crippen LogP contribution in [0.25, 0.3) is 0 Å². The molecule has 0 aliphatic rings. The number of methoxy groups -OCH3 is 1. The van der Waals surface area contributed by atoms with Gasteiger partial charge in [-0.15, -0.1) is 11.6 Å². The summed E-state index contributed by atoms with van der Waals surface area (Å²) in [4.78, 5) is 0. The van der Waals surface area contributed by atoms with E-state index in [1.807, 2.05) is 6.07 Å². The average molecular weight is 350 g/mol. The van der Waals surface area contributed by atoms with Crippen molar-refractivity contribution in [3.05, 3.63) is 34.3 Å². The molecule has 1 rings (SSSR count). The van der Waals surface area contributed by atoms with Crippen LogP contribution in [0, 0.1) is 5.92 Å². The molecule has 1 atom stereocenters. The topological polar surface area (TPSA) is 18.5 Å². The highest BCUT2D eigenvalue weighted by atomic mass is 79.9. The quantitative estimate of drug-likeness (QED) is 0.463. The number of hydrogen-bond donors (Lipinski definition) is 0. The lowest BCUT2D eigenvalue weighted by Gasteiger charge is -2.14. The maximum atomic E-state index is 6.03. The maximum Gasteiger partial charge on any atom is 0.0487 e. The maximum absolute atomic E-state index is 6.03. The van der Waals surface area contributed by atoms with Crippen molar-refractivity contribution in [2.24, 2.45) is 5.92 Å². The van der Waals surface area contributed by atoms with Gasteiger partial charge in [0.2, 0.25) is 0 Å². The van der Waals surface area contributed by atoms with Gasteiger partial charge in [0.15, 0.2) is 0 Å². The second-order valence-corrected chi connectivity index (χ2v) is 5.83. The lowest BCUT2D eigenvalue weighted by molar-refractivity contribution is 0.0951. The fourth-order valence-electron chi connectivity index (χ4n) is 1.89. The van der Waals surface area contributed by atoms with Gasteiger partial charge in [-0.1, -0.05) is 28.1 Å². The fourth-order valence-corrected chi connectivity index (χ4v) is 2.60. The molecule has 0 saturated carbocycles. The van der Waals surface area contributed by atoms with Crippen LogP contribution in [0.5, 0.6) is 0 Å². The molecule has 0 fully saturated rings. The number of ether oxygens (including phenoxy) is 2. The Bertz CT molecular complexity index is 347. The van der Waals surface area contributed by atoms with Crippen molar-refractivity contribution in [1.29, 1.82) is 0 Å². The second-order valence-electron chi connectivity index (χ2n) is 4.60. The zero-order valence-electron chi connectivity index (χ0n) is 11.4. The van der Waals surface area contributed by atoms with Crippen LogP contribution in [0.15, 0.2) is 28.7 Å². The number of benzene rings is 1. The van der Waals surface area contributed by atoms with E-state index in [9.17, 15) is 0 Å². The van der Waals surface area contributed by atoms with E-state index in [1.54, 1.807) is 7.11 Å². The highest BCUT2D eigenvalue weighted by Crippen LogP contribution is 2.18. The van der Waals surface area contributed by atoms with E-state index in [-0.39, 0.29) is 0 Å². The van der Waals surface area contributed by atoms with Crippen LogP contribution in [0.3, 0.4) is 0 Å². The van der Waals surface area contributed by atoms with E-state index in [4.69, 9.17) is 21.1 Å². The summed E-state index contributed by atoms with van der Waals surface area (Å²) in [5.74, 6) is 1.15. The molecule has 108 valence electrons. The minimum atomic E-state index is 0.471. The predicted molar refractivity (Wildman–Crippen MR) is 84.0 cm³/mol. The van der Waals surface area contributed by atoms with Crippen LogP contribution in [-0.2, 0) is 15.9 Å². The Morgan fingerprint density at radius 3 is 2.79 bits per heavy atom. The minimum Gasteiger partial charge on any atom is -0.385 e. The molecule has 0 radical (unpaired) electrons. The standard InChI is InChI=1S/C15H22BrClO2/c1-18-7-3-8-19-9-6-14(12-17)10-13-4-2-5-15(16)11-13/h2,4-5,11,14H,3,6-10,12H2,1H3. The molecule has 1 aromatic carbocycles. The van der Waals surface area contributed by atoms with Crippen molar-refractivity contribution in [2.45, 2.75) is 19.3 Å². The van der Waals surface area contributed by atoms with Gasteiger partial charge in [-0.3, -0.25) is 0 Å². The Labute approximate surface area is 129 Å². The first-order chi connectivity index (χ1) is 9.26. The van der Waals surface area contributed by atoms with Gasteiger partial charge < -0.3 is 9.47 Å². The Kier molecular flexibility index (Phi) is 9.52. The van der Waals surface area contributed by atoms with Crippen LogP contribution in [-0.4, -0.2) is 32.8 Å². The molecule has 0 spiro atoms. The van der Waals surface area contributed by atoms with Gasteiger partial charge in [0.25, 0.3) is 0 Å². The molecular formula is C15H22BrClO2. The van der Waals surface area contributed by atoms with Gasteiger partial charge in [-0.05, 0) is 42.9 Å². The normalized spacial score (nSPS) is 12.6. The molecule has 1 aromatic rings. The lowest BCUT2D eigenvalue weighted by Crippen LogP contribution is -2.11. The van der Waals surface area contributed by atoms with Gasteiger partial charge in [0, 0.05) is 37.3 Å². The summed E-state index contributed by atoms with van der Waals surface area (Å²) in [5, 5.41) is 0. The molecule has 0 aromatic heterocycles. The molecule has 0 heterocycles. The minimum absolute atomic E-state index is 0.471. The molecule has 2 nitrogen and oxygen atoms in total. The van der Waals surface area contributed by atoms with Crippen molar-refractivity contribution in [3.8, 4) is 0 Å². The van der Waals surface area contributed by atoms with Crippen LogP contribution in [0.1, 0.15) is 18.4 Å². The fraction of sp³-hybridized carbons (Fsp3) is 0.600. The number of halogens is 2. The van der Waals surface area contributed by atoms with Crippen molar-refractivity contribution in [2.75, 3.05) is 32.8 Å². The third kappa shape index (κ3) is 7.93. The molecule has 0 saturated heterocycles. The largest absolute Gasteiger partial charge is 0.385 e. The zero-order chi connectivity index (χ0) is 13.9. The first-order valence-electron chi connectivity index (χ1n) is 6.63. The summed E-state index contributed by atoms with van der Waals surface area (Å²) >= 11 is 9.52. The first-order valence-corrected chi connectivity index (χ1v) is 7.96. The van der Waals surface area contributed by atoms with E-state index in [0.717, 1.165) is 43.6 Å². The zero-order valence-corrected chi connectivity index (χ0v) is 13.8. The van der Waals surface area contributed by atoms with E-state index in [2.05, 4.69) is 34.1 Å². The van der Waals surface area contributed by atoms with Crippen molar-refractivity contribution >= 4 is 27.5 Å². The highest BCUT2D eigenvalue weighted by molar-refractivity contribution is 9.10. The number of alkyl halides is 1. The monoisotopic (exact) mass is 348 g/mol. The predicted octanol–water partition coefficient (Wildman–Crippen LogP) is 4.29. The summed E-state index contributed by atoms with van der Waals surface area (Å²) in [6.07, 6.45) is 2.96. The smallest absolute Gasteiger partial charge is 0.0487 e. The van der Waals surface area contributed by atoms with Crippen molar-refractivity contribution in [1.82, 2.24) is 0 Å². The molecule has 0 N–H and O–H groups in total. The summed E-state index contributed by atoms with van der Waals surface area (Å²) < 4.78 is 11.7. The van der Waals surface area contributed by atoms with Gasteiger partial charge >= 0.3 is 0 Å². The molecule has 19 heavy (non-hydrogen) atoms. The summed E-state index contributed by atoms with van der Waals surface area (Å²) in [6.45, 7) is 2.30.